The average Bonchev–Trinajstić information content (AvgIpc) is 2.78. The van der Waals surface area contributed by atoms with Gasteiger partial charge in [0.15, 0.2) is 0 Å². The molecule has 112 valence electrons. The molecule has 0 spiro atoms. The molecule has 19 heavy (non-hydrogen) atoms. The Morgan fingerprint density at radius 3 is 2.37 bits per heavy atom. The number of hydrogen-bond donors (Lipinski definition) is 0. The first-order valence-electron chi connectivity index (χ1n) is 6.64. The standard InChI is InChI=1S/C11H20ClNO4S2/c12-6-3-10-2-1-7-13(10)19(16,17)11-4-8-18(14,15)9-5-11/h10-11H,1-9H2. The zero-order chi connectivity index (χ0) is 14.1. The van der Waals surface area contributed by atoms with Crippen molar-refractivity contribution in [2.75, 3.05) is 23.9 Å². The molecule has 8 heteroatoms. The Morgan fingerprint density at radius 2 is 1.79 bits per heavy atom. The molecule has 0 saturated carbocycles. The van der Waals surface area contributed by atoms with Crippen LogP contribution in [0.5, 0.6) is 0 Å². The van der Waals surface area contributed by atoms with Gasteiger partial charge in [0.1, 0.15) is 9.84 Å². The van der Waals surface area contributed by atoms with Gasteiger partial charge in [-0.05, 0) is 32.1 Å². The summed E-state index contributed by atoms with van der Waals surface area (Å²) in [5, 5.41) is -0.535. The molecular weight excluding hydrogens is 310 g/mol. The lowest BCUT2D eigenvalue weighted by Crippen LogP contribution is -2.44. The molecule has 2 aliphatic heterocycles. The molecule has 2 heterocycles. The van der Waals surface area contributed by atoms with Crippen molar-refractivity contribution in [3.63, 3.8) is 0 Å². The van der Waals surface area contributed by atoms with E-state index in [0.29, 0.717) is 18.8 Å². The van der Waals surface area contributed by atoms with Crippen LogP contribution in [-0.2, 0) is 19.9 Å². The number of sulfonamides is 1. The third-order valence-electron chi connectivity index (χ3n) is 4.02. The summed E-state index contributed by atoms with van der Waals surface area (Å²) >= 11 is 5.72. The molecule has 2 saturated heterocycles. The molecule has 0 bridgehead atoms. The molecule has 2 fully saturated rings. The van der Waals surface area contributed by atoms with Crippen molar-refractivity contribution in [1.29, 1.82) is 0 Å². The maximum atomic E-state index is 12.6. The Labute approximate surface area is 120 Å². The highest BCUT2D eigenvalue weighted by Gasteiger charge is 2.41. The quantitative estimate of drug-likeness (QED) is 0.721. The molecular formula is C11H20ClNO4S2. The molecule has 2 rings (SSSR count). The van der Waals surface area contributed by atoms with E-state index >= 15 is 0 Å². The second kappa shape index (κ2) is 5.87. The number of sulfone groups is 1. The monoisotopic (exact) mass is 329 g/mol. The van der Waals surface area contributed by atoms with E-state index in [2.05, 4.69) is 0 Å². The first-order valence-corrected chi connectivity index (χ1v) is 10.5. The molecule has 0 aromatic carbocycles. The van der Waals surface area contributed by atoms with Crippen molar-refractivity contribution in [2.45, 2.75) is 43.4 Å². The highest BCUT2D eigenvalue weighted by atomic mass is 35.5. The zero-order valence-corrected chi connectivity index (χ0v) is 13.2. The summed E-state index contributed by atoms with van der Waals surface area (Å²) in [6.45, 7) is 0.549. The number of nitrogens with zero attached hydrogens (tertiary/aromatic N) is 1. The van der Waals surface area contributed by atoms with Gasteiger partial charge in [-0.1, -0.05) is 0 Å². The van der Waals surface area contributed by atoms with Crippen molar-refractivity contribution in [2.24, 2.45) is 0 Å². The molecule has 5 nitrogen and oxygen atoms in total. The average molecular weight is 330 g/mol. The number of alkyl halides is 1. The van der Waals surface area contributed by atoms with E-state index in [1.165, 1.54) is 0 Å². The summed E-state index contributed by atoms with van der Waals surface area (Å²) in [6.07, 6.45) is 2.86. The Morgan fingerprint density at radius 1 is 1.16 bits per heavy atom. The molecule has 0 aromatic heterocycles. The highest BCUT2D eigenvalue weighted by Crippen LogP contribution is 2.30. The molecule has 1 unspecified atom stereocenters. The first kappa shape index (κ1) is 15.5. The van der Waals surface area contributed by atoms with Crippen molar-refractivity contribution >= 4 is 31.5 Å². The fourth-order valence-electron chi connectivity index (χ4n) is 2.92. The molecule has 2 aliphatic rings. The minimum atomic E-state index is -3.37. The van der Waals surface area contributed by atoms with Crippen molar-refractivity contribution in [3.8, 4) is 0 Å². The minimum absolute atomic E-state index is 0.000957. The normalized spacial score (nSPS) is 29.6. The summed E-state index contributed by atoms with van der Waals surface area (Å²) < 4.78 is 49.5. The summed E-state index contributed by atoms with van der Waals surface area (Å²) in [7, 11) is -6.40. The molecule has 1 atom stereocenters. The van der Waals surface area contributed by atoms with E-state index in [1.807, 2.05) is 0 Å². The first-order chi connectivity index (χ1) is 8.87. The maximum absolute atomic E-state index is 12.6. The Kier molecular flexibility index (Phi) is 4.80. The molecule has 0 N–H and O–H groups in total. The maximum Gasteiger partial charge on any atom is 0.217 e. The van der Waals surface area contributed by atoms with Crippen LogP contribution in [0.2, 0.25) is 0 Å². The SMILES string of the molecule is O=S1(=O)CCC(S(=O)(=O)N2CCCC2CCCl)CC1. The number of hydrogen-bond acceptors (Lipinski definition) is 4. The smallest absolute Gasteiger partial charge is 0.217 e. The minimum Gasteiger partial charge on any atom is -0.229 e. The lowest BCUT2D eigenvalue weighted by Gasteiger charge is -2.30. The van der Waals surface area contributed by atoms with Gasteiger partial charge < -0.3 is 0 Å². The second-order valence-corrected chi connectivity index (χ2v) is 10.1. The van der Waals surface area contributed by atoms with Gasteiger partial charge in [0.05, 0.1) is 16.8 Å². The fraction of sp³-hybridized carbons (Fsp3) is 1.00. The van der Waals surface area contributed by atoms with E-state index in [-0.39, 0.29) is 30.4 Å². The molecule has 0 amide bonds. The largest absolute Gasteiger partial charge is 0.229 e. The Balaban J connectivity index is 2.10. The van der Waals surface area contributed by atoms with Crippen LogP contribution in [0, 0.1) is 0 Å². The van der Waals surface area contributed by atoms with E-state index in [4.69, 9.17) is 11.6 Å². The van der Waals surface area contributed by atoms with Crippen molar-refractivity contribution < 1.29 is 16.8 Å². The predicted molar refractivity (Wildman–Crippen MR) is 75.7 cm³/mol. The third kappa shape index (κ3) is 3.43. The summed E-state index contributed by atoms with van der Waals surface area (Å²) in [4.78, 5) is 0. The van der Waals surface area contributed by atoms with Crippen LogP contribution >= 0.6 is 11.6 Å². The second-order valence-electron chi connectivity index (χ2n) is 5.28. The Hall–Kier alpha value is 0.150. The Bertz CT molecular complexity index is 503. The van der Waals surface area contributed by atoms with Crippen molar-refractivity contribution in [3.05, 3.63) is 0 Å². The van der Waals surface area contributed by atoms with Gasteiger partial charge in [-0.15, -0.1) is 11.6 Å². The third-order valence-corrected chi connectivity index (χ3v) is 8.40. The van der Waals surface area contributed by atoms with E-state index in [1.54, 1.807) is 4.31 Å². The van der Waals surface area contributed by atoms with Gasteiger partial charge in [0.2, 0.25) is 10.0 Å². The van der Waals surface area contributed by atoms with Crippen LogP contribution in [0.4, 0.5) is 0 Å². The summed E-state index contributed by atoms with van der Waals surface area (Å²) in [5.41, 5.74) is 0. The van der Waals surface area contributed by atoms with Gasteiger partial charge >= 0.3 is 0 Å². The van der Waals surface area contributed by atoms with Crippen LogP contribution in [-0.4, -0.2) is 56.4 Å². The molecule has 0 aromatic rings. The number of rotatable bonds is 4. The van der Waals surface area contributed by atoms with Crippen LogP contribution in [0.1, 0.15) is 32.1 Å². The molecule has 0 radical (unpaired) electrons. The van der Waals surface area contributed by atoms with Crippen LogP contribution in [0.25, 0.3) is 0 Å². The van der Waals surface area contributed by atoms with E-state index in [9.17, 15) is 16.8 Å². The van der Waals surface area contributed by atoms with Crippen LogP contribution in [0.15, 0.2) is 0 Å². The van der Waals surface area contributed by atoms with E-state index < -0.39 is 25.1 Å². The molecule has 0 aliphatic carbocycles. The zero-order valence-electron chi connectivity index (χ0n) is 10.8. The van der Waals surface area contributed by atoms with Gasteiger partial charge in [0, 0.05) is 18.5 Å². The number of halogens is 1. The van der Waals surface area contributed by atoms with Crippen LogP contribution < -0.4 is 0 Å². The van der Waals surface area contributed by atoms with Crippen LogP contribution in [0.3, 0.4) is 0 Å². The van der Waals surface area contributed by atoms with Crippen molar-refractivity contribution in [1.82, 2.24) is 4.31 Å². The summed E-state index contributed by atoms with van der Waals surface area (Å²) in [5.74, 6) is 0.436. The van der Waals surface area contributed by atoms with Gasteiger partial charge in [-0.2, -0.15) is 4.31 Å². The lowest BCUT2D eigenvalue weighted by atomic mass is 10.2. The lowest BCUT2D eigenvalue weighted by molar-refractivity contribution is 0.372. The summed E-state index contributed by atoms with van der Waals surface area (Å²) in [6, 6.07) is 0.000957. The van der Waals surface area contributed by atoms with Gasteiger partial charge in [-0.3, -0.25) is 0 Å². The van der Waals surface area contributed by atoms with Gasteiger partial charge in [-0.25, -0.2) is 16.8 Å². The predicted octanol–water partition coefficient (Wildman–Crippen LogP) is 0.987. The van der Waals surface area contributed by atoms with E-state index in [0.717, 1.165) is 12.8 Å². The topological polar surface area (TPSA) is 71.5 Å². The van der Waals surface area contributed by atoms with Gasteiger partial charge in [0.25, 0.3) is 0 Å². The highest BCUT2D eigenvalue weighted by molar-refractivity contribution is 7.92. The fourth-order valence-corrected chi connectivity index (χ4v) is 7.18.